The normalized spacial score (nSPS) is 35.4. The van der Waals surface area contributed by atoms with Gasteiger partial charge in [0.2, 0.25) is 0 Å². The first-order valence-electron chi connectivity index (χ1n) is 6.36. The highest BCUT2D eigenvalue weighted by atomic mass is 16.5. The Kier molecular flexibility index (Phi) is 3.18. The number of rotatable bonds is 3. The van der Waals surface area contributed by atoms with Crippen molar-refractivity contribution in [3.05, 3.63) is 24.3 Å². The number of methoxy groups -OCH3 is 1. The molecular formula is C15H20O3. The van der Waals surface area contributed by atoms with Crippen LogP contribution in [0.5, 0.6) is 0 Å². The van der Waals surface area contributed by atoms with E-state index < -0.39 is 11.9 Å². The summed E-state index contributed by atoms with van der Waals surface area (Å²) in [6.07, 6.45) is 6.19. The molecule has 0 aromatic rings. The lowest BCUT2D eigenvalue weighted by atomic mass is 9.72. The van der Waals surface area contributed by atoms with Crippen LogP contribution < -0.4 is 0 Å². The van der Waals surface area contributed by atoms with E-state index in [2.05, 4.69) is 19.6 Å². The summed E-state index contributed by atoms with van der Waals surface area (Å²) in [5, 5.41) is 0. The topological polar surface area (TPSA) is 43.4 Å². The van der Waals surface area contributed by atoms with Crippen LogP contribution >= 0.6 is 0 Å². The van der Waals surface area contributed by atoms with Crippen molar-refractivity contribution in [1.29, 1.82) is 0 Å². The molecule has 3 heteroatoms. The number of esters is 1. The SMILES string of the molecule is C=C1CC[C@@]2(C)C=C[C@H](C(C(C)=O)C(=O)OC)[C@@H]12. The summed E-state index contributed by atoms with van der Waals surface area (Å²) >= 11 is 0. The molecule has 0 spiro atoms. The summed E-state index contributed by atoms with van der Waals surface area (Å²) in [5.74, 6) is -1.13. The van der Waals surface area contributed by atoms with Gasteiger partial charge in [-0.05, 0) is 31.1 Å². The van der Waals surface area contributed by atoms with Gasteiger partial charge in [0.1, 0.15) is 11.7 Å². The molecule has 2 aliphatic carbocycles. The average molecular weight is 248 g/mol. The van der Waals surface area contributed by atoms with Crippen molar-refractivity contribution in [2.45, 2.75) is 26.7 Å². The molecule has 0 amide bonds. The molecule has 0 aliphatic heterocycles. The standard InChI is InChI=1S/C15H20O3/c1-9-5-7-15(3)8-6-11(13(9)15)12(10(2)16)14(17)18-4/h6,8,11-13H,1,5,7H2,2-4H3/t11-,12?,13-,15+/m1/s1. The number of fused-ring (bicyclic) bond motifs is 1. The Hall–Kier alpha value is -1.38. The molecule has 3 nitrogen and oxygen atoms in total. The van der Waals surface area contributed by atoms with E-state index >= 15 is 0 Å². The largest absolute Gasteiger partial charge is 0.468 e. The fourth-order valence-electron chi connectivity index (χ4n) is 3.57. The number of ketones is 1. The molecular weight excluding hydrogens is 228 g/mol. The molecule has 1 saturated carbocycles. The van der Waals surface area contributed by atoms with Gasteiger partial charge in [0, 0.05) is 5.92 Å². The minimum absolute atomic E-state index is 0.0590. The summed E-state index contributed by atoms with van der Waals surface area (Å²) in [6.45, 7) is 7.76. The molecule has 0 heterocycles. The third-order valence-corrected chi connectivity index (χ3v) is 4.50. The lowest BCUT2D eigenvalue weighted by molar-refractivity contribution is -0.151. The van der Waals surface area contributed by atoms with Crippen LogP contribution in [-0.4, -0.2) is 18.9 Å². The molecule has 98 valence electrons. The second kappa shape index (κ2) is 4.38. The van der Waals surface area contributed by atoms with E-state index in [0.717, 1.165) is 18.4 Å². The number of ether oxygens (including phenoxy) is 1. The third-order valence-electron chi connectivity index (χ3n) is 4.50. The Labute approximate surface area is 108 Å². The van der Waals surface area contributed by atoms with E-state index in [-0.39, 0.29) is 23.0 Å². The van der Waals surface area contributed by atoms with Crippen LogP contribution in [0.15, 0.2) is 24.3 Å². The van der Waals surface area contributed by atoms with Crippen LogP contribution in [0.3, 0.4) is 0 Å². The fourth-order valence-corrected chi connectivity index (χ4v) is 3.57. The number of carbonyl (C=O) groups excluding carboxylic acids is 2. The molecule has 0 bridgehead atoms. The second-order valence-electron chi connectivity index (χ2n) is 5.69. The zero-order chi connectivity index (χ0) is 13.5. The number of hydrogen-bond acceptors (Lipinski definition) is 3. The van der Waals surface area contributed by atoms with Crippen molar-refractivity contribution in [1.82, 2.24) is 0 Å². The predicted octanol–water partition coefficient (Wildman–Crippen LogP) is 2.52. The predicted molar refractivity (Wildman–Crippen MR) is 68.8 cm³/mol. The van der Waals surface area contributed by atoms with E-state index in [1.165, 1.54) is 14.0 Å². The highest BCUT2D eigenvalue weighted by molar-refractivity contribution is 5.98. The van der Waals surface area contributed by atoms with Gasteiger partial charge in [0.05, 0.1) is 7.11 Å². The highest BCUT2D eigenvalue weighted by Gasteiger charge is 2.51. The van der Waals surface area contributed by atoms with Crippen LogP contribution in [0.2, 0.25) is 0 Å². The minimum Gasteiger partial charge on any atom is -0.468 e. The molecule has 18 heavy (non-hydrogen) atoms. The Balaban J connectivity index is 2.33. The van der Waals surface area contributed by atoms with E-state index in [1.54, 1.807) is 0 Å². The third kappa shape index (κ3) is 1.82. The maximum atomic E-state index is 11.8. The first-order valence-corrected chi connectivity index (χ1v) is 6.36. The first kappa shape index (κ1) is 13.1. The van der Waals surface area contributed by atoms with Crippen LogP contribution in [-0.2, 0) is 14.3 Å². The van der Waals surface area contributed by atoms with E-state index in [9.17, 15) is 9.59 Å². The second-order valence-corrected chi connectivity index (χ2v) is 5.69. The lowest BCUT2D eigenvalue weighted by Crippen LogP contribution is -2.35. The van der Waals surface area contributed by atoms with Crippen molar-refractivity contribution < 1.29 is 14.3 Å². The van der Waals surface area contributed by atoms with Crippen molar-refractivity contribution in [3.8, 4) is 0 Å². The highest BCUT2D eigenvalue weighted by Crippen LogP contribution is 2.56. The maximum Gasteiger partial charge on any atom is 0.316 e. The molecule has 1 unspecified atom stereocenters. The van der Waals surface area contributed by atoms with Gasteiger partial charge in [-0.3, -0.25) is 9.59 Å². The molecule has 0 saturated heterocycles. The van der Waals surface area contributed by atoms with Gasteiger partial charge in [-0.2, -0.15) is 0 Å². The molecule has 0 aromatic heterocycles. The van der Waals surface area contributed by atoms with Gasteiger partial charge in [0.15, 0.2) is 0 Å². The maximum absolute atomic E-state index is 11.8. The summed E-state index contributed by atoms with van der Waals surface area (Å²) in [7, 11) is 1.33. The monoisotopic (exact) mass is 248 g/mol. The summed E-state index contributed by atoms with van der Waals surface area (Å²) in [4.78, 5) is 23.6. The Morgan fingerprint density at radius 3 is 2.78 bits per heavy atom. The van der Waals surface area contributed by atoms with E-state index in [4.69, 9.17) is 4.74 Å². The summed E-state index contributed by atoms with van der Waals surface area (Å²) in [6, 6.07) is 0. The molecule has 0 aromatic carbocycles. The van der Waals surface area contributed by atoms with Crippen LogP contribution in [0.25, 0.3) is 0 Å². The number of Topliss-reactive ketones (excluding diaryl/α,β-unsaturated/α-hetero) is 1. The van der Waals surface area contributed by atoms with E-state index in [0.29, 0.717) is 0 Å². The van der Waals surface area contributed by atoms with Crippen molar-refractivity contribution in [2.24, 2.45) is 23.2 Å². The zero-order valence-corrected chi connectivity index (χ0v) is 11.2. The van der Waals surface area contributed by atoms with Crippen molar-refractivity contribution in [2.75, 3.05) is 7.11 Å². The van der Waals surface area contributed by atoms with Gasteiger partial charge in [0.25, 0.3) is 0 Å². The molecule has 0 radical (unpaired) electrons. The molecule has 0 N–H and O–H groups in total. The van der Waals surface area contributed by atoms with Crippen molar-refractivity contribution >= 4 is 11.8 Å². The quantitative estimate of drug-likeness (QED) is 0.438. The number of allylic oxidation sites excluding steroid dienone is 3. The summed E-state index contributed by atoms with van der Waals surface area (Å²) < 4.78 is 4.78. The van der Waals surface area contributed by atoms with Crippen LogP contribution in [0, 0.1) is 23.2 Å². The Morgan fingerprint density at radius 1 is 1.56 bits per heavy atom. The van der Waals surface area contributed by atoms with Gasteiger partial charge in [-0.25, -0.2) is 0 Å². The fraction of sp³-hybridized carbons (Fsp3) is 0.600. The van der Waals surface area contributed by atoms with Crippen LogP contribution in [0.1, 0.15) is 26.7 Å². The van der Waals surface area contributed by atoms with Crippen molar-refractivity contribution in [3.63, 3.8) is 0 Å². The Morgan fingerprint density at radius 2 is 2.22 bits per heavy atom. The number of carbonyl (C=O) groups is 2. The van der Waals surface area contributed by atoms with Crippen LogP contribution in [0.4, 0.5) is 0 Å². The molecule has 4 atom stereocenters. The molecule has 2 rings (SSSR count). The average Bonchev–Trinajstić information content (AvgIpc) is 2.78. The smallest absolute Gasteiger partial charge is 0.316 e. The van der Waals surface area contributed by atoms with Gasteiger partial charge in [-0.15, -0.1) is 0 Å². The number of hydrogen-bond donors (Lipinski definition) is 0. The first-order chi connectivity index (χ1) is 8.40. The van der Waals surface area contributed by atoms with Gasteiger partial charge in [-0.1, -0.05) is 31.2 Å². The zero-order valence-electron chi connectivity index (χ0n) is 11.2. The van der Waals surface area contributed by atoms with Gasteiger partial charge < -0.3 is 4.74 Å². The van der Waals surface area contributed by atoms with E-state index in [1.807, 2.05) is 6.08 Å². The molecule has 2 aliphatic rings. The Bertz CT molecular complexity index is 435. The summed E-state index contributed by atoms with van der Waals surface area (Å²) in [5.41, 5.74) is 1.21. The lowest BCUT2D eigenvalue weighted by Gasteiger charge is -2.30. The molecule has 1 fully saturated rings. The van der Waals surface area contributed by atoms with Gasteiger partial charge >= 0.3 is 5.97 Å². The minimum atomic E-state index is -0.687.